The Morgan fingerprint density at radius 2 is 0.817 bits per heavy atom. The SMILES string of the molecule is CC(=O)NNc1nc(Nc2cccc3ccc(N=Nc4ccccc4C(=O)O)c(O)c23)nc(NC(CSSCC(Nc2nc(NNC(C)=O)nc(Nc3cccc4ccc(N=Nc5ccccc5C(=O)O)c(O)c34)n2)C(=O)O)C(=O)O)n1. The summed E-state index contributed by atoms with van der Waals surface area (Å²) in [5, 5.41) is 91.9. The maximum absolute atomic E-state index is 12.7. The van der Waals surface area contributed by atoms with Gasteiger partial charge in [-0.2, -0.15) is 29.9 Å². The van der Waals surface area contributed by atoms with Crippen LogP contribution in [0.5, 0.6) is 11.5 Å². The van der Waals surface area contributed by atoms with E-state index in [4.69, 9.17) is 0 Å². The van der Waals surface area contributed by atoms with Gasteiger partial charge < -0.3 is 51.9 Å². The molecule has 2 aromatic heterocycles. The van der Waals surface area contributed by atoms with E-state index in [0.29, 0.717) is 10.8 Å². The number of carbonyl (C=O) groups excluding carboxylic acids is 2. The highest BCUT2D eigenvalue weighted by atomic mass is 33.1. The fourth-order valence-corrected chi connectivity index (χ4v) is 9.60. The predicted molar refractivity (Wildman–Crippen MR) is 302 cm³/mol. The third-order valence-electron chi connectivity index (χ3n) is 11.0. The monoisotopic (exact) mass is 1150 g/mol. The average molecular weight is 1150 g/mol. The largest absolute Gasteiger partial charge is 0.505 e. The van der Waals surface area contributed by atoms with Crippen molar-refractivity contribution < 1.29 is 59.4 Å². The number of hydrazine groups is 2. The van der Waals surface area contributed by atoms with Crippen LogP contribution in [-0.4, -0.2) is 120 Å². The number of fused-ring (bicyclic) bond motifs is 2. The number of nitrogens with one attached hydrogen (secondary N) is 8. The summed E-state index contributed by atoms with van der Waals surface area (Å²) in [6, 6.07) is 25.1. The van der Waals surface area contributed by atoms with Crippen molar-refractivity contribution >= 4 is 149 Å². The number of azo groups is 2. The zero-order valence-corrected chi connectivity index (χ0v) is 44.0. The number of hydrogen-bond donors (Lipinski definition) is 14. The van der Waals surface area contributed by atoms with Gasteiger partial charge >= 0.3 is 23.9 Å². The van der Waals surface area contributed by atoms with Gasteiger partial charge in [0.2, 0.25) is 47.5 Å². The molecule has 14 N–H and O–H groups in total. The number of carbonyl (C=O) groups is 6. The van der Waals surface area contributed by atoms with Crippen LogP contribution in [0.2, 0.25) is 0 Å². The molecule has 0 aliphatic heterocycles. The van der Waals surface area contributed by atoms with E-state index in [9.17, 15) is 59.4 Å². The van der Waals surface area contributed by atoms with Crippen molar-refractivity contribution in [1.29, 1.82) is 0 Å². The summed E-state index contributed by atoms with van der Waals surface area (Å²) in [6.07, 6.45) is 0. The van der Waals surface area contributed by atoms with Crippen LogP contribution >= 0.6 is 21.6 Å². The van der Waals surface area contributed by atoms with Crippen LogP contribution in [0.15, 0.2) is 130 Å². The molecule has 0 aliphatic rings. The van der Waals surface area contributed by atoms with Crippen molar-refractivity contribution in [2.75, 3.05) is 43.6 Å². The second-order valence-corrected chi connectivity index (χ2v) is 19.4. The molecule has 0 saturated carbocycles. The molecule has 0 spiro atoms. The lowest BCUT2D eigenvalue weighted by molar-refractivity contribution is -0.138. The molecule has 30 nitrogen and oxygen atoms in total. The zero-order chi connectivity index (χ0) is 58.5. The highest BCUT2D eigenvalue weighted by Crippen LogP contribution is 2.42. The molecule has 418 valence electrons. The Kier molecular flexibility index (Phi) is 18.2. The zero-order valence-electron chi connectivity index (χ0n) is 42.4. The maximum atomic E-state index is 12.7. The number of anilines is 8. The van der Waals surface area contributed by atoms with Gasteiger partial charge in [-0.1, -0.05) is 82.3 Å². The van der Waals surface area contributed by atoms with Crippen molar-refractivity contribution in [3.63, 3.8) is 0 Å². The first-order valence-corrected chi connectivity index (χ1v) is 26.2. The molecule has 0 aliphatic carbocycles. The Morgan fingerprint density at radius 1 is 0.451 bits per heavy atom. The molecule has 0 bridgehead atoms. The van der Waals surface area contributed by atoms with Crippen molar-refractivity contribution in [3.8, 4) is 11.5 Å². The number of aromatic nitrogens is 6. The van der Waals surface area contributed by atoms with Crippen LogP contribution in [0.1, 0.15) is 34.6 Å². The molecule has 2 amide bonds. The second kappa shape index (κ2) is 26.1. The number of benzene rings is 6. The number of aliphatic carboxylic acids is 2. The third-order valence-corrected chi connectivity index (χ3v) is 13.4. The third kappa shape index (κ3) is 14.6. The molecule has 82 heavy (non-hydrogen) atoms. The number of nitrogens with zero attached hydrogens (tertiary/aromatic N) is 10. The van der Waals surface area contributed by atoms with E-state index in [2.05, 4.69) is 93.3 Å². The standard InChI is InChI=1S/C50H44N18O12S2/c1-23(69)61-67-49-57-45(51-31-15-7-9-25-17-19-33(39(71)37(25)31)65-63-29-13-5-3-11-27(29)41(73)74)55-47(59-49)53-35(43(77)78)21-81-82-22-36(44(79)80)54-48-56-46(58-50(60-48)68-62-24(2)70)52-32-16-8-10-26-18-20-34(40(72)38(26)32)66-64-30-14-6-4-12-28(30)42(75)76/h3-20,35-36,71-72H,21-22H2,1-2H3,(H,61,69)(H,62,70)(H,73,74)(H,75,76)(H,77,78)(H,79,80)(H3,51,53,55,57,59,67)(H3,52,54,56,58,60,68). The van der Waals surface area contributed by atoms with Gasteiger partial charge in [-0.05, 0) is 59.3 Å². The van der Waals surface area contributed by atoms with Crippen LogP contribution < -0.4 is 43.0 Å². The summed E-state index contributed by atoms with van der Waals surface area (Å²) >= 11 is 0. The number of aromatic carboxylic acids is 2. The fourth-order valence-electron chi connectivity index (χ4n) is 7.29. The van der Waals surface area contributed by atoms with Gasteiger partial charge in [0.15, 0.2) is 11.5 Å². The first kappa shape index (κ1) is 57.2. The maximum Gasteiger partial charge on any atom is 0.337 e. The van der Waals surface area contributed by atoms with Crippen LogP contribution in [-0.2, 0) is 19.2 Å². The van der Waals surface area contributed by atoms with Gasteiger partial charge in [-0.25, -0.2) is 19.2 Å². The number of phenols is 2. The lowest BCUT2D eigenvalue weighted by Gasteiger charge is -2.18. The molecule has 0 saturated heterocycles. The molecule has 2 unspecified atom stereocenters. The number of phenolic OH excluding ortho intramolecular Hbond substituents is 2. The molecule has 0 fully saturated rings. The summed E-state index contributed by atoms with van der Waals surface area (Å²) < 4.78 is 0. The highest BCUT2D eigenvalue weighted by Gasteiger charge is 2.25. The Morgan fingerprint density at radius 3 is 1.20 bits per heavy atom. The number of carboxylic acids is 4. The molecule has 2 atom stereocenters. The Labute approximate surface area is 468 Å². The number of rotatable bonds is 25. The lowest BCUT2D eigenvalue weighted by atomic mass is 10.1. The normalized spacial score (nSPS) is 11.9. The van der Waals surface area contributed by atoms with E-state index >= 15 is 0 Å². The topological polar surface area (TPSA) is 447 Å². The smallest absolute Gasteiger partial charge is 0.337 e. The van der Waals surface area contributed by atoms with Crippen molar-refractivity contribution in [1.82, 2.24) is 40.8 Å². The van der Waals surface area contributed by atoms with E-state index < -0.39 is 47.8 Å². The fraction of sp³-hybridized carbons (Fsp3) is 0.120. The van der Waals surface area contributed by atoms with Gasteiger partial charge in [0.05, 0.1) is 22.5 Å². The summed E-state index contributed by atoms with van der Waals surface area (Å²) in [6.45, 7) is 2.42. The van der Waals surface area contributed by atoms with E-state index in [1.54, 1.807) is 60.7 Å². The molecule has 0 radical (unpaired) electrons. The van der Waals surface area contributed by atoms with E-state index in [1.807, 2.05) is 0 Å². The van der Waals surface area contributed by atoms with Crippen LogP contribution in [0.3, 0.4) is 0 Å². The van der Waals surface area contributed by atoms with Crippen molar-refractivity contribution in [2.24, 2.45) is 20.5 Å². The minimum Gasteiger partial charge on any atom is -0.505 e. The Hall–Kier alpha value is -11.0. The predicted octanol–water partition coefficient (Wildman–Crippen LogP) is 8.23. The molecule has 32 heteroatoms. The van der Waals surface area contributed by atoms with E-state index in [-0.39, 0.29) is 115 Å². The van der Waals surface area contributed by atoms with E-state index in [0.717, 1.165) is 21.6 Å². The molecule has 2 heterocycles. The van der Waals surface area contributed by atoms with Crippen molar-refractivity contribution in [3.05, 3.63) is 120 Å². The quantitative estimate of drug-likeness (QED) is 0.0111. The Bertz CT molecular complexity index is 3610. The van der Waals surface area contributed by atoms with Crippen LogP contribution in [0.4, 0.5) is 69.8 Å². The lowest BCUT2D eigenvalue weighted by Crippen LogP contribution is -2.34. The number of amides is 2. The first-order chi connectivity index (χ1) is 39.4. The van der Waals surface area contributed by atoms with Gasteiger partial charge in [-0.3, -0.25) is 31.3 Å². The minimum absolute atomic E-state index is 0.0152. The summed E-state index contributed by atoms with van der Waals surface area (Å²) in [5.41, 5.74) is 10.0. The minimum atomic E-state index is -1.42. The summed E-state index contributed by atoms with van der Waals surface area (Å²) in [7, 11) is 1.95. The molecular weight excluding hydrogens is 1110 g/mol. The van der Waals surface area contributed by atoms with Gasteiger partial charge in [0.1, 0.15) is 34.8 Å². The van der Waals surface area contributed by atoms with E-state index in [1.165, 1.54) is 62.4 Å². The molecular formula is C50H44N18O12S2. The summed E-state index contributed by atoms with van der Waals surface area (Å²) in [5.74, 6) is -8.80. The van der Waals surface area contributed by atoms with Crippen LogP contribution in [0.25, 0.3) is 21.5 Å². The van der Waals surface area contributed by atoms with Crippen molar-refractivity contribution in [2.45, 2.75) is 25.9 Å². The summed E-state index contributed by atoms with van der Waals surface area (Å²) in [4.78, 5) is 98.1. The number of aromatic hydroxyl groups is 2. The highest BCUT2D eigenvalue weighted by molar-refractivity contribution is 8.76. The van der Waals surface area contributed by atoms with Crippen LogP contribution in [0, 0.1) is 0 Å². The first-order valence-electron chi connectivity index (χ1n) is 23.7. The number of carboxylic acid groups (broad SMARTS) is 4. The molecule has 8 rings (SSSR count). The van der Waals surface area contributed by atoms with Gasteiger partial charge in [-0.15, -0.1) is 20.5 Å². The Balaban J connectivity index is 0.974. The van der Waals surface area contributed by atoms with Gasteiger partial charge in [0.25, 0.3) is 0 Å². The second-order valence-electron chi connectivity index (χ2n) is 16.8. The van der Waals surface area contributed by atoms with Gasteiger partial charge in [0, 0.05) is 36.1 Å². The number of hydrogen-bond acceptors (Lipinski definition) is 26. The molecule has 6 aromatic carbocycles. The average Bonchev–Trinajstić information content (AvgIpc) is 3.50. The molecule has 8 aromatic rings.